The molecule has 0 aromatic heterocycles. The van der Waals surface area contributed by atoms with Crippen LogP contribution in [0.1, 0.15) is 13.8 Å². The highest BCUT2D eigenvalue weighted by molar-refractivity contribution is 4.83. The largest absolute Gasteiger partial charge is 0.375 e. The average molecular weight is 157 g/mol. The van der Waals surface area contributed by atoms with Crippen molar-refractivity contribution < 1.29 is 4.74 Å². The Morgan fingerprint density at radius 2 is 2.36 bits per heavy atom. The van der Waals surface area contributed by atoms with Crippen LogP contribution in [0, 0.1) is 5.41 Å². The van der Waals surface area contributed by atoms with Gasteiger partial charge in [0.15, 0.2) is 0 Å². The van der Waals surface area contributed by atoms with Gasteiger partial charge in [-0.05, 0) is 0 Å². The number of nitrogens with one attached hydrogen (secondary N) is 2. The summed E-state index contributed by atoms with van der Waals surface area (Å²) in [6.45, 7) is 7.22. The fourth-order valence-electron chi connectivity index (χ4n) is 1.18. The summed E-state index contributed by atoms with van der Waals surface area (Å²) < 4.78 is 5.55. The maximum atomic E-state index is 7.33. The van der Waals surface area contributed by atoms with Gasteiger partial charge >= 0.3 is 0 Å². The number of hydrogen-bond acceptors (Lipinski definition) is 2. The van der Waals surface area contributed by atoms with Gasteiger partial charge in [-0.25, -0.2) is 0 Å². The Hall–Kier alpha value is -0.120. The van der Waals surface area contributed by atoms with E-state index in [2.05, 4.69) is 19.2 Å². The molecular weight excluding hydrogens is 140 g/mol. The smallest absolute Gasteiger partial charge is 0.0763 e. The van der Waals surface area contributed by atoms with Crippen LogP contribution in [0.15, 0.2) is 0 Å². The molecule has 0 aliphatic carbocycles. The van der Waals surface area contributed by atoms with E-state index in [1.807, 2.05) is 0 Å². The standard InChI is InChI=1S/C8H17N2O/c1-8(2,6-9)7-5-10-3-4-11-7/h7,9-10H,3-6H2,1-2H3. The Labute approximate surface area is 68.3 Å². The summed E-state index contributed by atoms with van der Waals surface area (Å²) in [5, 5.41) is 3.27. The predicted molar refractivity (Wildman–Crippen MR) is 44.4 cm³/mol. The Balaban J connectivity index is 2.43. The lowest BCUT2D eigenvalue weighted by atomic mass is 9.86. The van der Waals surface area contributed by atoms with Gasteiger partial charge in [-0.1, -0.05) is 13.8 Å². The predicted octanol–water partition coefficient (Wildman–Crippen LogP) is 0.284. The average Bonchev–Trinajstić information content (AvgIpc) is 2.06. The quantitative estimate of drug-likeness (QED) is 0.626. The van der Waals surface area contributed by atoms with Crippen LogP contribution >= 0.6 is 0 Å². The topological polar surface area (TPSA) is 45.1 Å². The normalized spacial score (nSPS) is 27.0. The van der Waals surface area contributed by atoms with Gasteiger partial charge in [-0.15, -0.1) is 0 Å². The lowest BCUT2D eigenvalue weighted by Crippen LogP contribution is -2.48. The zero-order chi connectivity index (χ0) is 8.32. The Morgan fingerprint density at radius 3 is 2.82 bits per heavy atom. The molecule has 1 heterocycles. The van der Waals surface area contributed by atoms with Gasteiger partial charge in [-0.3, -0.25) is 5.73 Å². The van der Waals surface area contributed by atoms with E-state index in [1.54, 1.807) is 0 Å². The van der Waals surface area contributed by atoms with Crippen LogP contribution in [0.3, 0.4) is 0 Å². The van der Waals surface area contributed by atoms with Gasteiger partial charge in [0.25, 0.3) is 0 Å². The van der Waals surface area contributed by atoms with Crippen LogP contribution in [0.5, 0.6) is 0 Å². The second-order valence-corrected chi connectivity index (χ2v) is 3.73. The monoisotopic (exact) mass is 157 g/mol. The summed E-state index contributed by atoms with van der Waals surface area (Å²) >= 11 is 0. The summed E-state index contributed by atoms with van der Waals surface area (Å²) in [5.74, 6) is 0. The molecule has 0 spiro atoms. The van der Waals surface area contributed by atoms with Crippen LogP contribution in [0.2, 0.25) is 0 Å². The van der Waals surface area contributed by atoms with E-state index in [9.17, 15) is 0 Å². The zero-order valence-electron chi connectivity index (χ0n) is 7.31. The van der Waals surface area contributed by atoms with Crippen molar-refractivity contribution in [1.82, 2.24) is 11.1 Å². The first-order valence-electron chi connectivity index (χ1n) is 4.14. The lowest BCUT2D eigenvalue weighted by molar-refractivity contribution is -0.0403. The molecule has 1 saturated heterocycles. The molecule has 0 amide bonds. The van der Waals surface area contributed by atoms with Crippen molar-refractivity contribution in [2.45, 2.75) is 20.0 Å². The fraction of sp³-hybridized carbons (Fsp3) is 1.00. The van der Waals surface area contributed by atoms with Crippen molar-refractivity contribution in [2.75, 3.05) is 26.2 Å². The van der Waals surface area contributed by atoms with Crippen LogP contribution in [0.25, 0.3) is 0 Å². The molecule has 1 aliphatic rings. The lowest BCUT2D eigenvalue weighted by Gasteiger charge is -2.35. The summed E-state index contributed by atoms with van der Waals surface area (Å²) in [5.41, 5.74) is 7.33. The van der Waals surface area contributed by atoms with Crippen molar-refractivity contribution in [3.8, 4) is 0 Å². The highest BCUT2D eigenvalue weighted by Crippen LogP contribution is 2.22. The molecule has 1 aliphatic heterocycles. The van der Waals surface area contributed by atoms with Crippen molar-refractivity contribution in [2.24, 2.45) is 5.41 Å². The van der Waals surface area contributed by atoms with E-state index in [-0.39, 0.29) is 11.5 Å². The SMILES string of the molecule is CC(C)(C[NH])C1CNCCO1. The number of hydrogen-bond donors (Lipinski definition) is 1. The first kappa shape index (κ1) is 8.97. The number of ether oxygens (including phenoxy) is 1. The molecule has 0 aromatic carbocycles. The van der Waals surface area contributed by atoms with E-state index in [4.69, 9.17) is 10.5 Å². The summed E-state index contributed by atoms with van der Waals surface area (Å²) in [4.78, 5) is 0. The van der Waals surface area contributed by atoms with Crippen molar-refractivity contribution in [3.63, 3.8) is 0 Å². The Morgan fingerprint density at radius 1 is 1.64 bits per heavy atom. The molecule has 11 heavy (non-hydrogen) atoms. The number of rotatable bonds is 2. The molecule has 1 radical (unpaired) electrons. The molecule has 0 bridgehead atoms. The third-order valence-corrected chi connectivity index (χ3v) is 2.25. The minimum Gasteiger partial charge on any atom is -0.375 e. The van der Waals surface area contributed by atoms with Crippen molar-refractivity contribution in [3.05, 3.63) is 0 Å². The van der Waals surface area contributed by atoms with Crippen molar-refractivity contribution in [1.29, 1.82) is 0 Å². The first-order valence-corrected chi connectivity index (χ1v) is 4.14. The van der Waals surface area contributed by atoms with Gasteiger partial charge in [0.05, 0.1) is 12.7 Å². The van der Waals surface area contributed by atoms with Crippen molar-refractivity contribution >= 4 is 0 Å². The van der Waals surface area contributed by atoms with Gasteiger partial charge in [-0.2, -0.15) is 0 Å². The van der Waals surface area contributed by atoms with Gasteiger partial charge < -0.3 is 10.1 Å². The minimum absolute atomic E-state index is 0.00653. The molecule has 65 valence electrons. The molecule has 0 aromatic rings. The molecule has 1 atom stereocenters. The second kappa shape index (κ2) is 3.52. The van der Waals surface area contributed by atoms with Gasteiger partial charge in [0.2, 0.25) is 0 Å². The van der Waals surface area contributed by atoms with Crippen LogP contribution in [-0.4, -0.2) is 32.3 Å². The van der Waals surface area contributed by atoms with Crippen LogP contribution in [-0.2, 0) is 4.74 Å². The van der Waals surface area contributed by atoms with E-state index in [1.165, 1.54) is 0 Å². The molecule has 1 rings (SSSR count). The molecule has 3 heteroatoms. The zero-order valence-corrected chi connectivity index (χ0v) is 7.31. The second-order valence-electron chi connectivity index (χ2n) is 3.73. The highest BCUT2D eigenvalue weighted by atomic mass is 16.5. The maximum absolute atomic E-state index is 7.33. The first-order chi connectivity index (χ1) is 5.17. The summed E-state index contributed by atoms with van der Waals surface area (Å²) in [6.07, 6.45) is 0.216. The summed E-state index contributed by atoms with van der Waals surface area (Å²) in [7, 11) is 0. The molecule has 1 fully saturated rings. The molecule has 1 unspecified atom stereocenters. The fourth-order valence-corrected chi connectivity index (χ4v) is 1.18. The van der Waals surface area contributed by atoms with Crippen LogP contribution < -0.4 is 11.1 Å². The highest BCUT2D eigenvalue weighted by Gasteiger charge is 2.30. The third-order valence-electron chi connectivity index (χ3n) is 2.25. The summed E-state index contributed by atoms with van der Waals surface area (Å²) in [6, 6.07) is 0. The number of morpholine rings is 1. The van der Waals surface area contributed by atoms with Gasteiger partial charge in [0, 0.05) is 25.0 Å². The van der Waals surface area contributed by atoms with E-state index < -0.39 is 0 Å². The molecule has 3 nitrogen and oxygen atoms in total. The van der Waals surface area contributed by atoms with E-state index >= 15 is 0 Å². The van der Waals surface area contributed by atoms with Crippen LogP contribution in [0.4, 0.5) is 0 Å². The van der Waals surface area contributed by atoms with E-state index in [0.717, 1.165) is 19.7 Å². The molecule has 0 saturated carbocycles. The van der Waals surface area contributed by atoms with Gasteiger partial charge in [0.1, 0.15) is 0 Å². The molecule has 2 N–H and O–H groups in total. The van der Waals surface area contributed by atoms with E-state index in [0.29, 0.717) is 6.54 Å². The maximum Gasteiger partial charge on any atom is 0.0763 e. The Bertz CT molecular complexity index is 119. The Kier molecular flexibility index (Phi) is 2.87. The minimum atomic E-state index is -0.00653. The third kappa shape index (κ3) is 2.15. The molecular formula is C8H17N2O.